The molecule has 0 unspecified atom stereocenters. The molecule has 0 aliphatic carbocycles. The van der Waals surface area contributed by atoms with Crippen molar-refractivity contribution in [2.75, 3.05) is 0 Å². The highest BCUT2D eigenvalue weighted by atomic mass is 19.1. The van der Waals surface area contributed by atoms with Gasteiger partial charge in [0.05, 0.1) is 29.7 Å². The molecule has 0 radical (unpaired) electrons. The fourth-order valence-electron chi connectivity index (χ4n) is 1.13. The number of nitrogens with zero attached hydrogens (tertiary/aromatic N) is 3. The van der Waals surface area contributed by atoms with Gasteiger partial charge in [0.1, 0.15) is 0 Å². The SMILES string of the molecule is N#Cc1ccc(-n2cc(F)cn2)cc1. The standard InChI is InChI=1S/C10H6FN3/c11-9-6-13-14(7-9)10-3-1-8(5-12)2-4-10/h1-4,6-7H. The number of hydrogen-bond donors (Lipinski definition) is 0. The maximum Gasteiger partial charge on any atom is 0.161 e. The van der Waals surface area contributed by atoms with Crippen LogP contribution in [0.4, 0.5) is 4.39 Å². The summed E-state index contributed by atoms with van der Waals surface area (Å²) in [6, 6.07) is 8.76. The first-order valence-electron chi connectivity index (χ1n) is 4.00. The summed E-state index contributed by atoms with van der Waals surface area (Å²) >= 11 is 0. The lowest BCUT2D eigenvalue weighted by atomic mass is 10.2. The molecule has 0 spiro atoms. The fraction of sp³-hybridized carbons (Fsp3) is 0. The maximum absolute atomic E-state index is 12.6. The van der Waals surface area contributed by atoms with E-state index in [-0.39, 0.29) is 5.82 Å². The number of nitriles is 1. The summed E-state index contributed by atoms with van der Waals surface area (Å²) in [6.07, 6.45) is 2.42. The van der Waals surface area contributed by atoms with Crippen LogP contribution in [0.2, 0.25) is 0 Å². The third kappa shape index (κ3) is 1.48. The van der Waals surface area contributed by atoms with Crippen molar-refractivity contribution < 1.29 is 4.39 Å². The first-order chi connectivity index (χ1) is 6.79. The minimum Gasteiger partial charge on any atom is -0.238 e. The van der Waals surface area contributed by atoms with Crippen LogP contribution in [0.15, 0.2) is 36.7 Å². The third-order valence-corrected chi connectivity index (χ3v) is 1.81. The summed E-state index contributed by atoms with van der Waals surface area (Å²) in [5.74, 6) is -0.380. The molecule has 1 aromatic carbocycles. The minimum atomic E-state index is -0.380. The quantitative estimate of drug-likeness (QED) is 0.684. The lowest BCUT2D eigenvalue weighted by Gasteiger charge is -1.99. The van der Waals surface area contributed by atoms with Crippen LogP contribution in [-0.4, -0.2) is 9.78 Å². The van der Waals surface area contributed by atoms with Crippen molar-refractivity contribution in [2.45, 2.75) is 0 Å². The summed E-state index contributed by atoms with van der Waals surface area (Å²) in [5.41, 5.74) is 1.30. The monoisotopic (exact) mass is 187 g/mol. The van der Waals surface area contributed by atoms with Crippen LogP contribution in [0.25, 0.3) is 5.69 Å². The predicted octanol–water partition coefficient (Wildman–Crippen LogP) is 1.88. The van der Waals surface area contributed by atoms with Crippen molar-refractivity contribution in [2.24, 2.45) is 0 Å². The van der Waals surface area contributed by atoms with Crippen molar-refractivity contribution in [3.8, 4) is 11.8 Å². The first-order valence-corrected chi connectivity index (χ1v) is 4.00. The highest BCUT2D eigenvalue weighted by Crippen LogP contribution is 2.08. The smallest absolute Gasteiger partial charge is 0.161 e. The Labute approximate surface area is 80.0 Å². The van der Waals surface area contributed by atoms with Gasteiger partial charge in [-0.1, -0.05) is 0 Å². The molecule has 2 rings (SSSR count). The van der Waals surface area contributed by atoms with Crippen molar-refractivity contribution >= 4 is 0 Å². The topological polar surface area (TPSA) is 41.6 Å². The van der Waals surface area contributed by atoms with E-state index in [1.165, 1.54) is 10.9 Å². The van der Waals surface area contributed by atoms with Crippen LogP contribution in [0, 0.1) is 17.1 Å². The number of halogens is 1. The number of aromatic nitrogens is 2. The Morgan fingerprint density at radius 2 is 2.00 bits per heavy atom. The maximum atomic E-state index is 12.6. The predicted molar refractivity (Wildman–Crippen MR) is 48.2 cm³/mol. The average Bonchev–Trinajstić information content (AvgIpc) is 2.65. The average molecular weight is 187 g/mol. The second-order valence-electron chi connectivity index (χ2n) is 2.76. The van der Waals surface area contributed by atoms with Crippen LogP contribution < -0.4 is 0 Å². The largest absolute Gasteiger partial charge is 0.238 e. The van der Waals surface area contributed by atoms with E-state index < -0.39 is 0 Å². The first kappa shape index (κ1) is 8.45. The Balaban J connectivity index is 2.39. The van der Waals surface area contributed by atoms with Crippen LogP contribution in [-0.2, 0) is 0 Å². The van der Waals surface area contributed by atoms with Gasteiger partial charge >= 0.3 is 0 Å². The zero-order valence-electron chi connectivity index (χ0n) is 7.18. The van der Waals surface area contributed by atoms with Gasteiger partial charge in [-0.3, -0.25) is 0 Å². The number of hydrogen-bond acceptors (Lipinski definition) is 2. The van der Waals surface area contributed by atoms with E-state index in [0.29, 0.717) is 5.56 Å². The molecule has 0 atom stereocenters. The van der Waals surface area contributed by atoms with Gasteiger partial charge < -0.3 is 0 Å². The van der Waals surface area contributed by atoms with Crippen molar-refractivity contribution in [1.82, 2.24) is 9.78 Å². The number of rotatable bonds is 1. The van der Waals surface area contributed by atoms with Gasteiger partial charge in [0.2, 0.25) is 0 Å². The normalized spacial score (nSPS) is 9.71. The van der Waals surface area contributed by atoms with E-state index in [0.717, 1.165) is 11.9 Å². The van der Waals surface area contributed by atoms with Gasteiger partial charge in [-0.05, 0) is 24.3 Å². The van der Waals surface area contributed by atoms with Crippen LogP contribution in [0.5, 0.6) is 0 Å². The van der Waals surface area contributed by atoms with Gasteiger partial charge in [-0.25, -0.2) is 9.07 Å². The van der Waals surface area contributed by atoms with Crippen molar-refractivity contribution in [3.63, 3.8) is 0 Å². The van der Waals surface area contributed by atoms with E-state index in [4.69, 9.17) is 5.26 Å². The van der Waals surface area contributed by atoms with E-state index >= 15 is 0 Å². The van der Waals surface area contributed by atoms with Gasteiger partial charge in [-0.2, -0.15) is 10.4 Å². The van der Waals surface area contributed by atoms with Gasteiger partial charge in [0.15, 0.2) is 5.82 Å². The Morgan fingerprint density at radius 1 is 1.29 bits per heavy atom. The summed E-state index contributed by atoms with van der Waals surface area (Å²) < 4.78 is 14.0. The highest BCUT2D eigenvalue weighted by Gasteiger charge is 1.99. The van der Waals surface area contributed by atoms with Crippen LogP contribution in [0.1, 0.15) is 5.56 Å². The lowest BCUT2D eigenvalue weighted by molar-refractivity contribution is 0.627. The molecule has 0 fully saturated rings. The summed E-state index contributed by atoms with van der Waals surface area (Å²) in [5, 5.41) is 12.4. The molecule has 0 saturated carbocycles. The molecule has 4 heteroatoms. The van der Waals surface area contributed by atoms with Crippen LogP contribution >= 0.6 is 0 Å². The van der Waals surface area contributed by atoms with E-state index in [1.807, 2.05) is 6.07 Å². The van der Waals surface area contributed by atoms with Crippen molar-refractivity contribution in [1.29, 1.82) is 5.26 Å². The molecule has 3 nitrogen and oxygen atoms in total. The molecule has 0 aliphatic heterocycles. The molecular formula is C10H6FN3. The lowest BCUT2D eigenvalue weighted by Crippen LogP contribution is -1.93. The molecule has 0 bridgehead atoms. The molecule has 0 N–H and O–H groups in total. The summed E-state index contributed by atoms with van der Waals surface area (Å²) in [6.45, 7) is 0. The second-order valence-corrected chi connectivity index (χ2v) is 2.76. The van der Waals surface area contributed by atoms with E-state index in [9.17, 15) is 4.39 Å². The Hall–Kier alpha value is -2.15. The molecule has 1 aromatic heterocycles. The number of benzene rings is 1. The molecule has 0 amide bonds. The second kappa shape index (κ2) is 3.30. The molecule has 0 aliphatic rings. The summed E-state index contributed by atoms with van der Waals surface area (Å²) in [4.78, 5) is 0. The fourth-order valence-corrected chi connectivity index (χ4v) is 1.13. The Kier molecular flexibility index (Phi) is 1.99. The Bertz CT molecular complexity index is 479. The van der Waals surface area contributed by atoms with Crippen molar-refractivity contribution in [3.05, 3.63) is 48.0 Å². The molecular weight excluding hydrogens is 181 g/mol. The molecule has 14 heavy (non-hydrogen) atoms. The molecule has 1 heterocycles. The molecule has 2 aromatic rings. The molecule has 68 valence electrons. The van der Waals surface area contributed by atoms with Gasteiger partial charge in [0, 0.05) is 0 Å². The Morgan fingerprint density at radius 3 is 2.50 bits per heavy atom. The van der Waals surface area contributed by atoms with E-state index in [2.05, 4.69) is 5.10 Å². The molecule has 0 saturated heterocycles. The van der Waals surface area contributed by atoms with Gasteiger partial charge in [-0.15, -0.1) is 0 Å². The van der Waals surface area contributed by atoms with Crippen LogP contribution in [0.3, 0.4) is 0 Å². The van der Waals surface area contributed by atoms with E-state index in [1.54, 1.807) is 24.3 Å². The minimum absolute atomic E-state index is 0.380. The zero-order valence-corrected chi connectivity index (χ0v) is 7.18. The van der Waals surface area contributed by atoms with Gasteiger partial charge in [0.25, 0.3) is 0 Å². The summed E-state index contributed by atoms with van der Waals surface area (Å²) in [7, 11) is 0. The zero-order chi connectivity index (χ0) is 9.97. The highest BCUT2D eigenvalue weighted by molar-refractivity contribution is 5.38. The third-order valence-electron chi connectivity index (χ3n) is 1.81.